The van der Waals surface area contributed by atoms with Crippen molar-refractivity contribution in [1.29, 1.82) is 0 Å². The van der Waals surface area contributed by atoms with Gasteiger partial charge in [0.15, 0.2) is 0 Å². The summed E-state index contributed by atoms with van der Waals surface area (Å²) >= 11 is 0. The number of ether oxygens (including phenoxy) is 2. The molecule has 3 nitrogen and oxygen atoms in total. The highest BCUT2D eigenvalue weighted by atomic mass is 19.1. The van der Waals surface area contributed by atoms with Gasteiger partial charge < -0.3 is 14.6 Å². The number of aliphatic hydroxyl groups is 1. The molecule has 2 unspecified atom stereocenters. The van der Waals surface area contributed by atoms with Crippen LogP contribution in [0.1, 0.15) is 30.1 Å². The fourth-order valence-electron chi connectivity index (χ4n) is 2.54. The first-order chi connectivity index (χ1) is 10.1. The molecule has 3 rings (SSSR count). The summed E-state index contributed by atoms with van der Waals surface area (Å²) in [4.78, 5) is 0. The largest absolute Gasteiger partial charge is 0.493 e. The van der Waals surface area contributed by atoms with E-state index in [1.165, 1.54) is 12.1 Å². The lowest BCUT2D eigenvalue weighted by Crippen LogP contribution is -2.13. The van der Waals surface area contributed by atoms with E-state index >= 15 is 0 Å². The Hall–Kier alpha value is -2.07. The molecule has 0 amide bonds. The average Bonchev–Trinajstić information content (AvgIpc) is 2.88. The van der Waals surface area contributed by atoms with Gasteiger partial charge in [-0.2, -0.15) is 0 Å². The molecule has 1 N–H and O–H groups in total. The predicted octanol–water partition coefficient (Wildman–Crippen LogP) is 3.43. The highest BCUT2D eigenvalue weighted by molar-refractivity contribution is 5.40. The fraction of sp³-hybridized carbons (Fsp3) is 0.294. The summed E-state index contributed by atoms with van der Waals surface area (Å²) in [5, 5.41) is 9.72. The van der Waals surface area contributed by atoms with E-state index < -0.39 is 6.10 Å². The Labute approximate surface area is 122 Å². The molecule has 0 radical (unpaired) electrons. The minimum Gasteiger partial charge on any atom is -0.493 e. The van der Waals surface area contributed by atoms with Gasteiger partial charge in [-0.05, 0) is 25.1 Å². The van der Waals surface area contributed by atoms with Gasteiger partial charge in [0.2, 0.25) is 0 Å². The van der Waals surface area contributed by atoms with Gasteiger partial charge in [-0.1, -0.05) is 18.2 Å². The average molecular weight is 288 g/mol. The first-order valence-electron chi connectivity index (χ1n) is 6.97. The Morgan fingerprint density at radius 2 is 2.14 bits per heavy atom. The minimum absolute atomic E-state index is 0.117. The quantitative estimate of drug-likeness (QED) is 0.936. The number of halogens is 1. The van der Waals surface area contributed by atoms with Crippen molar-refractivity contribution in [2.75, 3.05) is 13.2 Å². The second-order valence-electron chi connectivity index (χ2n) is 5.21. The summed E-state index contributed by atoms with van der Waals surface area (Å²) in [5.41, 5.74) is 1.69. The van der Waals surface area contributed by atoms with Crippen LogP contribution in [0.5, 0.6) is 11.5 Å². The lowest BCUT2D eigenvalue weighted by atomic mass is 10.0. The Morgan fingerprint density at radius 1 is 1.33 bits per heavy atom. The van der Waals surface area contributed by atoms with Crippen molar-refractivity contribution in [3.8, 4) is 11.5 Å². The zero-order chi connectivity index (χ0) is 14.8. The van der Waals surface area contributed by atoms with Crippen LogP contribution in [0.15, 0.2) is 42.5 Å². The van der Waals surface area contributed by atoms with E-state index in [-0.39, 0.29) is 11.7 Å². The Kier molecular flexibility index (Phi) is 3.80. The summed E-state index contributed by atoms with van der Waals surface area (Å²) < 4.78 is 24.7. The smallest absolute Gasteiger partial charge is 0.128 e. The molecule has 0 fully saturated rings. The molecule has 1 aliphatic heterocycles. The zero-order valence-corrected chi connectivity index (χ0v) is 11.8. The molecule has 1 heterocycles. The third-order valence-electron chi connectivity index (χ3n) is 3.66. The van der Waals surface area contributed by atoms with Crippen molar-refractivity contribution >= 4 is 0 Å². The first kappa shape index (κ1) is 13.9. The van der Waals surface area contributed by atoms with Crippen LogP contribution in [0.4, 0.5) is 4.39 Å². The van der Waals surface area contributed by atoms with Crippen LogP contribution < -0.4 is 9.47 Å². The summed E-state index contributed by atoms with van der Waals surface area (Å²) in [6.45, 7) is 2.58. The van der Waals surface area contributed by atoms with Crippen LogP contribution in [0.2, 0.25) is 0 Å². The standard InChI is InChI=1S/C17H17FO3/c1-11(19)14-7-6-13(18)8-17(14)21-10-12-9-20-16-5-3-2-4-15(12)16/h2-8,11-12,19H,9-10H2,1H3. The van der Waals surface area contributed by atoms with Crippen LogP contribution in [0, 0.1) is 5.82 Å². The molecule has 21 heavy (non-hydrogen) atoms. The van der Waals surface area contributed by atoms with Crippen LogP contribution in [-0.4, -0.2) is 18.3 Å². The van der Waals surface area contributed by atoms with Crippen LogP contribution >= 0.6 is 0 Å². The van der Waals surface area contributed by atoms with E-state index in [1.807, 2.05) is 24.3 Å². The zero-order valence-electron chi connectivity index (χ0n) is 11.8. The molecule has 2 atom stereocenters. The monoisotopic (exact) mass is 288 g/mol. The molecule has 2 aromatic carbocycles. The van der Waals surface area contributed by atoms with E-state index in [0.717, 1.165) is 11.3 Å². The fourth-order valence-corrected chi connectivity index (χ4v) is 2.54. The van der Waals surface area contributed by atoms with E-state index in [1.54, 1.807) is 13.0 Å². The van der Waals surface area contributed by atoms with Gasteiger partial charge in [-0.25, -0.2) is 4.39 Å². The second kappa shape index (κ2) is 5.74. The van der Waals surface area contributed by atoms with Gasteiger partial charge in [-0.3, -0.25) is 0 Å². The SMILES string of the molecule is CC(O)c1ccc(F)cc1OCC1COc2ccccc21. The van der Waals surface area contributed by atoms with Crippen molar-refractivity contribution in [3.05, 3.63) is 59.4 Å². The molecule has 1 aliphatic rings. The number of hydrogen-bond donors (Lipinski definition) is 1. The third-order valence-corrected chi connectivity index (χ3v) is 3.66. The van der Waals surface area contributed by atoms with Crippen LogP contribution in [0.25, 0.3) is 0 Å². The van der Waals surface area contributed by atoms with Gasteiger partial charge in [0.25, 0.3) is 0 Å². The molecule has 0 aliphatic carbocycles. The summed E-state index contributed by atoms with van der Waals surface area (Å²) in [7, 11) is 0. The van der Waals surface area contributed by atoms with Crippen molar-refractivity contribution in [3.63, 3.8) is 0 Å². The molecular weight excluding hydrogens is 271 g/mol. The van der Waals surface area contributed by atoms with Crippen molar-refractivity contribution in [2.45, 2.75) is 18.9 Å². The van der Waals surface area contributed by atoms with Gasteiger partial charge in [0, 0.05) is 17.2 Å². The molecule has 0 saturated heterocycles. The van der Waals surface area contributed by atoms with E-state index in [4.69, 9.17) is 9.47 Å². The number of benzene rings is 2. The molecule has 0 bridgehead atoms. The third kappa shape index (κ3) is 2.85. The van der Waals surface area contributed by atoms with Crippen LogP contribution in [0.3, 0.4) is 0 Å². The first-order valence-corrected chi connectivity index (χ1v) is 6.97. The second-order valence-corrected chi connectivity index (χ2v) is 5.21. The molecule has 2 aromatic rings. The normalized spacial score (nSPS) is 18.0. The maximum absolute atomic E-state index is 13.4. The highest BCUT2D eigenvalue weighted by Gasteiger charge is 2.24. The number of hydrogen-bond acceptors (Lipinski definition) is 3. The number of para-hydroxylation sites is 1. The van der Waals surface area contributed by atoms with Gasteiger partial charge in [0.05, 0.1) is 25.2 Å². The topological polar surface area (TPSA) is 38.7 Å². The number of rotatable bonds is 4. The van der Waals surface area contributed by atoms with Gasteiger partial charge >= 0.3 is 0 Å². The van der Waals surface area contributed by atoms with Crippen molar-refractivity contribution < 1.29 is 19.0 Å². The molecule has 0 aromatic heterocycles. The van der Waals surface area contributed by atoms with Crippen molar-refractivity contribution in [2.24, 2.45) is 0 Å². The summed E-state index contributed by atoms with van der Waals surface area (Å²) in [6.07, 6.45) is -0.701. The lowest BCUT2D eigenvalue weighted by Gasteiger charge is -2.16. The number of aliphatic hydroxyl groups excluding tert-OH is 1. The number of fused-ring (bicyclic) bond motifs is 1. The predicted molar refractivity (Wildman–Crippen MR) is 77.2 cm³/mol. The highest BCUT2D eigenvalue weighted by Crippen LogP contribution is 2.34. The lowest BCUT2D eigenvalue weighted by molar-refractivity contribution is 0.187. The summed E-state index contributed by atoms with van der Waals surface area (Å²) in [6, 6.07) is 12.0. The summed E-state index contributed by atoms with van der Waals surface area (Å²) in [5.74, 6) is 0.999. The maximum Gasteiger partial charge on any atom is 0.128 e. The van der Waals surface area contributed by atoms with Crippen molar-refractivity contribution in [1.82, 2.24) is 0 Å². The van der Waals surface area contributed by atoms with Gasteiger partial charge in [0.1, 0.15) is 17.3 Å². The molecule has 4 heteroatoms. The van der Waals surface area contributed by atoms with Gasteiger partial charge in [-0.15, -0.1) is 0 Å². The van der Waals surface area contributed by atoms with E-state index in [0.29, 0.717) is 24.5 Å². The molecule has 0 spiro atoms. The Bertz CT molecular complexity index is 640. The Morgan fingerprint density at radius 3 is 2.95 bits per heavy atom. The molecule has 110 valence electrons. The van der Waals surface area contributed by atoms with E-state index in [9.17, 15) is 9.50 Å². The van der Waals surface area contributed by atoms with Crippen LogP contribution in [-0.2, 0) is 0 Å². The maximum atomic E-state index is 13.4. The minimum atomic E-state index is -0.701. The van der Waals surface area contributed by atoms with E-state index in [2.05, 4.69) is 0 Å². The molecular formula is C17H17FO3. The molecule has 0 saturated carbocycles. The Balaban J connectivity index is 1.76.